The predicted octanol–water partition coefficient (Wildman–Crippen LogP) is 1.22. The summed E-state index contributed by atoms with van der Waals surface area (Å²) in [5.41, 5.74) is 0.866. The van der Waals surface area contributed by atoms with Gasteiger partial charge in [-0.25, -0.2) is 0 Å². The summed E-state index contributed by atoms with van der Waals surface area (Å²) in [6.07, 6.45) is -1.41. The fourth-order valence-electron chi connectivity index (χ4n) is 1.48. The molecular formula is C12H15ClN2O2. The van der Waals surface area contributed by atoms with Gasteiger partial charge in [0.05, 0.1) is 16.7 Å². The molecule has 0 bridgehead atoms. The number of aliphatic hydroxyl groups is 2. The fraction of sp³-hybridized carbons (Fsp3) is 0.417. The molecule has 5 heteroatoms. The van der Waals surface area contributed by atoms with Crippen molar-refractivity contribution in [1.82, 2.24) is 5.32 Å². The SMILES string of the molecule is CNCCC(O)C(O)c1ccc(C#N)c(Cl)c1. The molecule has 0 radical (unpaired) electrons. The molecule has 1 aromatic carbocycles. The Balaban J connectivity index is 2.79. The van der Waals surface area contributed by atoms with Crippen LogP contribution in [-0.2, 0) is 0 Å². The van der Waals surface area contributed by atoms with E-state index in [1.807, 2.05) is 6.07 Å². The summed E-state index contributed by atoms with van der Waals surface area (Å²) in [5.74, 6) is 0. The molecular weight excluding hydrogens is 240 g/mol. The lowest BCUT2D eigenvalue weighted by Crippen LogP contribution is -2.23. The number of hydrogen-bond acceptors (Lipinski definition) is 4. The van der Waals surface area contributed by atoms with Crippen LogP contribution in [0.15, 0.2) is 18.2 Å². The van der Waals surface area contributed by atoms with Gasteiger partial charge in [-0.15, -0.1) is 0 Å². The molecule has 0 amide bonds. The van der Waals surface area contributed by atoms with E-state index in [9.17, 15) is 10.2 Å². The molecule has 1 rings (SSSR count). The third-order valence-electron chi connectivity index (χ3n) is 2.51. The second kappa shape index (κ2) is 6.58. The van der Waals surface area contributed by atoms with Gasteiger partial charge in [-0.3, -0.25) is 0 Å². The standard InChI is InChI=1S/C12H15ClN2O2/c1-15-5-4-11(16)12(17)8-2-3-9(7-14)10(13)6-8/h2-3,6,11-12,15-17H,4-5H2,1H3. The van der Waals surface area contributed by atoms with Gasteiger partial charge in [-0.1, -0.05) is 17.7 Å². The molecule has 0 aromatic heterocycles. The largest absolute Gasteiger partial charge is 0.390 e. The second-order valence-corrected chi connectivity index (χ2v) is 4.16. The van der Waals surface area contributed by atoms with Gasteiger partial charge in [0.25, 0.3) is 0 Å². The summed E-state index contributed by atoms with van der Waals surface area (Å²) >= 11 is 5.86. The fourth-order valence-corrected chi connectivity index (χ4v) is 1.71. The number of aliphatic hydroxyl groups excluding tert-OH is 2. The second-order valence-electron chi connectivity index (χ2n) is 3.76. The van der Waals surface area contributed by atoms with Crippen molar-refractivity contribution in [1.29, 1.82) is 5.26 Å². The molecule has 0 saturated heterocycles. The highest BCUT2D eigenvalue weighted by Crippen LogP contribution is 2.24. The Morgan fingerprint density at radius 2 is 2.18 bits per heavy atom. The number of nitrogens with zero attached hydrogens (tertiary/aromatic N) is 1. The molecule has 3 N–H and O–H groups in total. The minimum Gasteiger partial charge on any atom is -0.390 e. The Morgan fingerprint density at radius 3 is 2.71 bits per heavy atom. The zero-order valence-corrected chi connectivity index (χ0v) is 10.3. The van der Waals surface area contributed by atoms with Crippen molar-refractivity contribution in [2.24, 2.45) is 0 Å². The van der Waals surface area contributed by atoms with Crippen molar-refractivity contribution in [2.45, 2.75) is 18.6 Å². The van der Waals surface area contributed by atoms with E-state index in [-0.39, 0.29) is 5.02 Å². The summed E-state index contributed by atoms with van der Waals surface area (Å²) in [6.45, 7) is 0.613. The molecule has 92 valence electrons. The van der Waals surface area contributed by atoms with Crippen LogP contribution in [0.2, 0.25) is 5.02 Å². The van der Waals surface area contributed by atoms with Gasteiger partial charge in [0.1, 0.15) is 12.2 Å². The van der Waals surface area contributed by atoms with Gasteiger partial charge in [-0.2, -0.15) is 5.26 Å². The van der Waals surface area contributed by atoms with Gasteiger partial charge in [-0.05, 0) is 37.7 Å². The summed E-state index contributed by atoms with van der Waals surface area (Å²) in [6, 6.07) is 6.57. The average Bonchev–Trinajstić information content (AvgIpc) is 2.34. The third-order valence-corrected chi connectivity index (χ3v) is 2.82. The lowest BCUT2D eigenvalue weighted by molar-refractivity contribution is 0.0140. The molecule has 0 saturated carbocycles. The lowest BCUT2D eigenvalue weighted by atomic mass is 10.0. The van der Waals surface area contributed by atoms with Crippen molar-refractivity contribution >= 4 is 11.6 Å². The summed E-state index contributed by atoms with van der Waals surface area (Å²) in [5, 5.41) is 31.5. The molecule has 0 spiro atoms. The zero-order chi connectivity index (χ0) is 12.8. The Labute approximate surface area is 105 Å². The zero-order valence-electron chi connectivity index (χ0n) is 9.52. The molecule has 4 nitrogen and oxygen atoms in total. The van der Waals surface area contributed by atoms with E-state index in [2.05, 4.69) is 5.32 Å². The third kappa shape index (κ3) is 3.69. The Morgan fingerprint density at radius 1 is 1.47 bits per heavy atom. The van der Waals surface area contributed by atoms with E-state index >= 15 is 0 Å². The van der Waals surface area contributed by atoms with Crippen LogP contribution in [0.25, 0.3) is 0 Å². The monoisotopic (exact) mass is 254 g/mol. The number of hydrogen-bond donors (Lipinski definition) is 3. The summed E-state index contributed by atoms with van der Waals surface area (Å²) in [7, 11) is 1.78. The molecule has 0 aliphatic rings. The van der Waals surface area contributed by atoms with Crippen molar-refractivity contribution in [3.63, 3.8) is 0 Å². The van der Waals surface area contributed by atoms with Crippen molar-refractivity contribution < 1.29 is 10.2 Å². The van der Waals surface area contributed by atoms with E-state index in [1.165, 1.54) is 12.1 Å². The van der Waals surface area contributed by atoms with Crippen molar-refractivity contribution in [3.8, 4) is 6.07 Å². The first-order valence-corrected chi connectivity index (χ1v) is 5.68. The van der Waals surface area contributed by atoms with Crippen LogP contribution in [0, 0.1) is 11.3 Å². The highest BCUT2D eigenvalue weighted by Gasteiger charge is 2.18. The van der Waals surface area contributed by atoms with E-state index in [4.69, 9.17) is 16.9 Å². The number of rotatable bonds is 5. The van der Waals surface area contributed by atoms with Crippen LogP contribution in [0.1, 0.15) is 23.7 Å². The molecule has 0 aliphatic heterocycles. The maximum atomic E-state index is 9.88. The molecule has 0 heterocycles. The average molecular weight is 255 g/mol. The van der Waals surface area contributed by atoms with Gasteiger partial charge in [0, 0.05) is 0 Å². The topological polar surface area (TPSA) is 76.3 Å². The first-order valence-electron chi connectivity index (χ1n) is 5.30. The van der Waals surface area contributed by atoms with Crippen LogP contribution < -0.4 is 5.32 Å². The van der Waals surface area contributed by atoms with E-state index in [1.54, 1.807) is 13.1 Å². The Bertz CT molecular complexity index is 417. The van der Waals surface area contributed by atoms with Gasteiger partial charge in [0.15, 0.2) is 0 Å². The van der Waals surface area contributed by atoms with Crippen molar-refractivity contribution in [2.75, 3.05) is 13.6 Å². The van der Waals surface area contributed by atoms with Crippen LogP contribution in [-0.4, -0.2) is 29.9 Å². The van der Waals surface area contributed by atoms with Crippen LogP contribution >= 0.6 is 11.6 Å². The molecule has 2 unspecified atom stereocenters. The maximum Gasteiger partial charge on any atom is 0.105 e. The number of nitriles is 1. The maximum absolute atomic E-state index is 9.88. The first-order chi connectivity index (χ1) is 8.10. The molecule has 0 aliphatic carbocycles. The number of benzene rings is 1. The quantitative estimate of drug-likeness (QED) is 0.738. The van der Waals surface area contributed by atoms with E-state index < -0.39 is 12.2 Å². The smallest absolute Gasteiger partial charge is 0.105 e. The highest BCUT2D eigenvalue weighted by molar-refractivity contribution is 6.31. The summed E-state index contributed by atoms with van der Waals surface area (Å²) in [4.78, 5) is 0. The minimum atomic E-state index is -0.992. The van der Waals surface area contributed by atoms with Crippen LogP contribution in [0.3, 0.4) is 0 Å². The number of halogens is 1. The normalized spacial score (nSPS) is 14.1. The Kier molecular flexibility index (Phi) is 5.39. The van der Waals surface area contributed by atoms with Gasteiger partial charge >= 0.3 is 0 Å². The number of nitrogens with one attached hydrogen (secondary N) is 1. The molecule has 0 fully saturated rings. The Hall–Kier alpha value is -1.12. The molecule has 2 atom stereocenters. The summed E-state index contributed by atoms with van der Waals surface area (Å²) < 4.78 is 0. The first kappa shape index (κ1) is 13.9. The van der Waals surface area contributed by atoms with Gasteiger partial charge in [0.2, 0.25) is 0 Å². The van der Waals surface area contributed by atoms with Crippen LogP contribution in [0.5, 0.6) is 0 Å². The predicted molar refractivity (Wildman–Crippen MR) is 65.7 cm³/mol. The lowest BCUT2D eigenvalue weighted by Gasteiger charge is -2.18. The van der Waals surface area contributed by atoms with Crippen molar-refractivity contribution in [3.05, 3.63) is 34.3 Å². The molecule has 17 heavy (non-hydrogen) atoms. The van der Waals surface area contributed by atoms with Gasteiger partial charge < -0.3 is 15.5 Å². The van der Waals surface area contributed by atoms with E-state index in [0.717, 1.165) is 0 Å². The minimum absolute atomic E-state index is 0.282. The van der Waals surface area contributed by atoms with E-state index in [0.29, 0.717) is 24.1 Å². The highest BCUT2D eigenvalue weighted by atomic mass is 35.5. The molecule has 1 aromatic rings. The van der Waals surface area contributed by atoms with Crippen LogP contribution in [0.4, 0.5) is 0 Å².